The number of nitrogens with zero attached hydrogens (tertiary/aromatic N) is 2. The predicted molar refractivity (Wildman–Crippen MR) is 166 cm³/mol. The van der Waals surface area contributed by atoms with Gasteiger partial charge in [-0.2, -0.15) is 0 Å². The van der Waals surface area contributed by atoms with Gasteiger partial charge < -0.3 is 14.4 Å². The van der Waals surface area contributed by atoms with Crippen molar-refractivity contribution in [1.82, 2.24) is 9.97 Å². The van der Waals surface area contributed by atoms with E-state index in [1.807, 2.05) is 93.6 Å². The van der Waals surface area contributed by atoms with Gasteiger partial charge in [0.15, 0.2) is 0 Å². The van der Waals surface area contributed by atoms with E-state index in [1.165, 1.54) is 6.07 Å². The molecule has 3 nitrogen and oxygen atoms in total. The quantitative estimate of drug-likeness (QED) is 0.135. The molecular weight excluding hydrogens is 681 g/mol. The molecule has 4 heteroatoms. The smallest absolute Gasteiger partial charge is 0.121 e. The Bertz CT molecular complexity index is 2220. The fourth-order valence-corrected chi connectivity index (χ4v) is 4.76. The molecule has 0 unspecified atom stereocenters. The average Bonchev–Trinajstić information content (AvgIpc) is 3.44. The predicted octanol–water partition coefficient (Wildman–Crippen LogP) is 9.79. The first-order valence-corrected chi connectivity index (χ1v) is 13.0. The van der Waals surface area contributed by atoms with Crippen LogP contribution >= 0.6 is 0 Å². The molecule has 41 heavy (non-hydrogen) atoms. The SMILES string of the molecule is [2H]C([2H])([2H])c1cnc(-c2[c-]cc3ccc4cccc5oc2c3c45)cc1C([2H])([2H])[2H].[2H]C([2H])(c1ccc(-c2[c-]cccc2)nc1)C(C)(C)C.[Ir]. The molecule has 0 atom stereocenters. The second-order valence-electron chi connectivity index (χ2n) is 10.7. The van der Waals surface area contributed by atoms with Crippen LogP contribution in [-0.4, -0.2) is 9.97 Å². The van der Waals surface area contributed by atoms with Crippen molar-refractivity contribution >= 4 is 32.7 Å². The van der Waals surface area contributed by atoms with Gasteiger partial charge in [0.05, 0.1) is 5.58 Å². The Morgan fingerprint density at radius 1 is 0.829 bits per heavy atom. The van der Waals surface area contributed by atoms with Crippen LogP contribution in [0.1, 0.15) is 48.4 Å². The summed E-state index contributed by atoms with van der Waals surface area (Å²) in [6, 6.07) is 30.5. The van der Waals surface area contributed by atoms with Crippen LogP contribution in [0.25, 0.3) is 55.2 Å². The fraction of sp³-hybridized carbons (Fsp3) is 0.189. The third-order valence-electron chi connectivity index (χ3n) is 6.51. The standard InChI is InChI=1S/C21H14NO.C16H18N.Ir/c1-12-10-17(22-11-13(12)2)16-9-8-15-7-6-14-4-3-5-18-19(14)20(15)21(16)23-18;1-16(2,3)11-13-9-10-15(17-12-13)14-7-5-4-6-8-14;/h3-8,10-11H,1-2H3;4-7,9-10,12H,11H2,1-3H3;/q2*-1;/i1D3,2D3;11D2;. The van der Waals surface area contributed by atoms with Crippen LogP contribution < -0.4 is 0 Å². The first kappa shape index (κ1) is 20.1. The zero-order chi connectivity index (χ0) is 34.6. The van der Waals surface area contributed by atoms with Crippen molar-refractivity contribution in [2.45, 2.75) is 40.8 Å². The molecule has 0 N–H and O–H groups in total. The van der Waals surface area contributed by atoms with E-state index in [0.717, 1.165) is 44.6 Å². The number of aromatic nitrogens is 2. The van der Waals surface area contributed by atoms with E-state index in [1.54, 1.807) is 6.20 Å². The number of benzene rings is 4. The molecule has 0 saturated carbocycles. The summed E-state index contributed by atoms with van der Waals surface area (Å²) in [5, 5.41) is 3.91. The molecule has 7 aromatic rings. The second-order valence-corrected chi connectivity index (χ2v) is 10.7. The Morgan fingerprint density at radius 3 is 2.39 bits per heavy atom. The summed E-state index contributed by atoms with van der Waals surface area (Å²) in [5.41, 5.74) is 3.46. The Morgan fingerprint density at radius 2 is 1.66 bits per heavy atom. The first-order valence-electron chi connectivity index (χ1n) is 17.0. The van der Waals surface area contributed by atoms with Crippen molar-refractivity contribution in [2.75, 3.05) is 0 Å². The minimum Gasteiger partial charge on any atom is -0.501 e. The number of hydrogen-bond acceptors (Lipinski definition) is 3. The van der Waals surface area contributed by atoms with Crippen molar-refractivity contribution in [3.8, 4) is 22.5 Å². The van der Waals surface area contributed by atoms with E-state index in [4.69, 9.17) is 15.4 Å². The topological polar surface area (TPSA) is 38.9 Å². The third kappa shape index (κ3) is 5.95. The number of pyridine rings is 2. The van der Waals surface area contributed by atoms with Crippen molar-refractivity contribution < 1.29 is 35.5 Å². The van der Waals surface area contributed by atoms with Gasteiger partial charge in [-0.25, -0.2) is 0 Å². The molecule has 3 heterocycles. The molecule has 0 bridgehead atoms. The Kier molecular flexibility index (Phi) is 5.67. The van der Waals surface area contributed by atoms with Crippen molar-refractivity contribution in [3.63, 3.8) is 0 Å². The monoisotopic (exact) mass is 721 g/mol. The molecule has 1 radical (unpaired) electrons. The van der Waals surface area contributed by atoms with Gasteiger partial charge in [0.25, 0.3) is 0 Å². The van der Waals surface area contributed by atoms with E-state index in [-0.39, 0.29) is 31.2 Å². The molecule has 3 aromatic heterocycles. The van der Waals surface area contributed by atoms with Crippen LogP contribution in [-0.2, 0) is 26.5 Å². The van der Waals surface area contributed by atoms with Gasteiger partial charge in [-0.1, -0.05) is 79.7 Å². The zero-order valence-electron chi connectivity index (χ0n) is 30.8. The summed E-state index contributed by atoms with van der Waals surface area (Å²) >= 11 is 0. The summed E-state index contributed by atoms with van der Waals surface area (Å²) < 4.78 is 68.8. The van der Waals surface area contributed by atoms with Crippen LogP contribution in [0.2, 0.25) is 0 Å². The molecule has 207 valence electrons. The Balaban J connectivity index is 0.000000205. The summed E-state index contributed by atoms with van der Waals surface area (Å²) in [6.45, 7) is 0.525. The van der Waals surface area contributed by atoms with Crippen LogP contribution in [0.5, 0.6) is 0 Å². The maximum atomic E-state index is 8.21. The number of furan rings is 1. The molecule has 4 aromatic carbocycles. The van der Waals surface area contributed by atoms with E-state index < -0.39 is 25.5 Å². The minimum atomic E-state index is -2.59. The first-order chi connectivity index (χ1) is 22.5. The van der Waals surface area contributed by atoms with Gasteiger partial charge in [0.2, 0.25) is 0 Å². The minimum absolute atomic E-state index is 0. The summed E-state index contributed by atoms with van der Waals surface area (Å²) in [7, 11) is 0. The summed E-state index contributed by atoms with van der Waals surface area (Å²) in [5.74, 6) is 0. The largest absolute Gasteiger partial charge is 0.501 e. The van der Waals surface area contributed by atoms with Crippen molar-refractivity contribution in [2.24, 2.45) is 5.41 Å². The van der Waals surface area contributed by atoms with E-state index >= 15 is 0 Å². The fourth-order valence-electron chi connectivity index (χ4n) is 4.76. The molecule has 7 rings (SSSR count). The number of aryl methyl sites for hydroxylation is 2. The summed E-state index contributed by atoms with van der Waals surface area (Å²) in [6.07, 6.45) is 1.35. The maximum Gasteiger partial charge on any atom is 0.121 e. The molecule has 0 fully saturated rings. The molecule has 0 amide bonds. The molecule has 0 spiro atoms. The van der Waals surface area contributed by atoms with Gasteiger partial charge in [-0.05, 0) is 64.8 Å². The molecule has 0 aliphatic heterocycles. The van der Waals surface area contributed by atoms with Gasteiger partial charge in [0, 0.05) is 48.9 Å². The van der Waals surface area contributed by atoms with Crippen LogP contribution in [0, 0.1) is 31.3 Å². The van der Waals surface area contributed by atoms with E-state index in [2.05, 4.69) is 22.1 Å². The van der Waals surface area contributed by atoms with Gasteiger partial charge in [-0.3, -0.25) is 0 Å². The van der Waals surface area contributed by atoms with Crippen molar-refractivity contribution in [3.05, 3.63) is 120 Å². The number of hydrogen-bond donors (Lipinski definition) is 0. The van der Waals surface area contributed by atoms with Crippen LogP contribution in [0.15, 0.2) is 95.7 Å². The molecule has 0 aliphatic carbocycles. The van der Waals surface area contributed by atoms with E-state index in [9.17, 15) is 0 Å². The number of rotatable bonds is 3. The van der Waals surface area contributed by atoms with Gasteiger partial charge in [-0.15, -0.1) is 48.0 Å². The Labute approximate surface area is 266 Å². The molecule has 0 saturated heterocycles. The molecule has 0 aliphatic rings. The van der Waals surface area contributed by atoms with Gasteiger partial charge >= 0.3 is 0 Å². The summed E-state index contributed by atoms with van der Waals surface area (Å²) in [4.78, 5) is 8.62. The normalized spacial score (nSPS) is 15.3. The van der Waals surface area contributed by atoms with Gasteiger partial charge in [0.1, 0.15) is 5.58 Å². The zero-order valence-corrected chi connectivity index (χ0v) is 25.2. The second kappa shape index (κ2) is 11.6. The maximum absolute atomic E-state index is 8.21. The Hall–Kier alpha value is -3.85. The van der Waals surface area contributed by atoms with Crippen molar-refractivity contribution in [1.29, 1.82) is 0 Å². The third-order valence-corrected chi connectivity index (χ3v) is 6.51. The average molecular weight is 721 g/mol. The van der Waals surface area contributed by atoms with Crippen LogP contribution in [0.3, 0.4) is 0 Å². The van der Waals surface area contributed by atoms with E-state index in [0.29, 0.717) is 22.4 Å². The van der Waals surface area contributed by atoms with Crippen LogP contribution in [0.4, 0.5) is 0 Å². The molecular formula is C37H32IrN2O-2.